The summed E-state index contributed by atoms with van der Waals surface area (Å²) in [6.45, 7) is 3.45. The summed E-state index contributed by atoms with van der Waals surface area (Å²) in [7, 11) is -3.94. The van der Waals surface area contributed by atoms with Gasteiger partial charge in [-0.3, -0.25) is 4.79 Å². The van der Waals surface area contributed by atoms with Crippen molar-refractivity contribution in [2.75, 3.05) is 5.32 Å². The van der Waals surface area contributed by atoms with Gasteiger partial charge < -0.3 is 5.32 Å². The van der Waals surface area contributed by atoms with Crippen molar-refractivity contribution < 1.29 is 26.4 Å². The van der Waals surface area contributed by atoms with Crippen molar-refractivity contribution >= 4 is 21.6 Å². The smallest absolute Gasteiger partial charge is 0.258 e. The molecule has 0 radical (unpaired) electrons. The largest absolute Gasteiger partial charge is 0.322 e. The zero-order valence-electron chi connectivity index (χ0n) is 14.0. The Balaban J connectivity index is 2.31. The Kier molecular flexibility index (Phi) is 6.04. The summed E-state index contributed by atoms with van der Waals surface area (Å²) in [6.07, 6.45) is 0.546. The summed E-state index contributed by atoms with van der Waals surface area (Å²) in [6, 6.07) is 5.06. The van der Waals surface area contributed by atoms with Gasteiger partial charge in [-0.25, -0.2) is 26.3 Å². The van der Waals surface area contributed by atoms with Gasteiger partial charge in [0.2, 0.25) is 10.0 Å². The Bertz CT molecular complexity index is 933. The Morgan fingerprint density at radius 1 is 1.04 bits per heavy atom. The average molecular weight is 386 g/mol. The minimum absolute atomic E-state index is 0.0979. The molecule has 9 heteroatoms. The molecule has 1 atom stereocenters. The van der Waals surface area contributed by atoms with E-state index in [0.29, 0.717) is 6.42 Å². The Morgan fingerprint density at radius 2 is 1.69 bits per heavy atom. The fraction of sp³-hybridized carbons (Fsp3) is 0.235. The molecule has 2 rings (SSSR count). The highest BCUT2D eigenvalue weighted by Gasteiger charge is 2.21. The first-order valence-electron chi connectivity index (χ1n) is 7.72. The van der Waals surface area contributed by atoms with Crippen molar-refractivity contribution in [2.24, 2.45) is 0 Å². The van der Waals surface area contributed by atoms with Crippen LogP contribution in [-0.2, 0) is 10.0 Å². The molecule has 2 N–H and O–H groups in total. The third kappa shape index (κ3) is 4.61. The van der Waals surface area contributed by atoms with E-state index in [1.54, 1.807) is 13.8 Å². The molecule has 0 saturated carbocycles. The summed E-state index contributed by atoms with van der Waals surface area (Å²) in [5.74, 6) is -4.22. The first-order chi connectivity index (χ1) is 12.1. The molecule has 0 aliphatic heterocycles. The number of carbonyl (C=O) groups excluding carboxylic acids is 1. The molecule has 1 amide bonds. The van der Waals surface area contributed by atoms with E-state index < -0.39 is 38.9 Å². The first kappa shape index (κ1) is 19.9. The molecule has 0 heterocycles. The highest BCUT2D eigenvalue weighted by Crippen LogP contribution is 2.19. The van der Waals surface area contributed by atoms with Crippen molar-refractivity contribution in [3.63, 3.8) is 0 Å². The van der Waals surface area contributed by atoms with Crippen molar-refractivity contribution in [1.82, 2.24) is 4.72 Å². The summed E-state index contributed by atoms with van der Waals surface area (Å²) < 4.78 is 67.0. The molecule has 2 aromatic rings. The van der Waals surface area contributed by atoms with E-state index in [1.165, 1.54) is 0 Å². The van der Waals surface area contributed by atoms with Crippen LogP contribution in [0.4, 0.5) is 18.9 Å². The lowest BCUT2D eigenvalue weighted by Gasteiger charge is -2.13. The second-order valence-corrected chi connectivity index (χ2v) is 7.37. The number of amides is 1. The van der Waals surface area contributed by atoms with Gasteiger partial charge in [0, 0.05) is 17.8 Å². The van der Waals surface area contributed by atoms with E-state index >= 15 is 0 Å². The third-order valence-corrected chi connectivity index (χ3v) is 5.23. The summed E-state index contributed by atoms with van der Waals surface area (Å²) in [4.78, 5) is 11.9. The van der Waals surface area contributed by atoms with Gasteiger partial charge in [0.05, 0.1) is 10.5 Å². The molecule has 0 bridgehead atoms. The van der Waals surface area contributed by atoms with E-state index in [-0.39, 0.29) is 16.6 Å². The van der Waals surface area contributed by atoms with Gasteiger partial charge in [0.1, 0.15) is 5.82 Å². The number of halogens is 3. The minimum Gasteiger partial charge on any atom is -0.322 e. The van der Waals surface area contributed by atoms with E-state index in [2.05, 4.69) is 10.0 Å². The molecule has 0 saturated heterocycles. The maximum atomic E-state index is 14.0. The van der Waals surface area contributed by atoms with Gasteiger partial charge in [-0.1, -0.05) is 6.92 Å². The fourth-order valence-corrected chi connectivity index (χ4v) is 3.39. The molecular weight excluding hydrogens is 369 g/mol. The number of benzene rings is 2. The maximum Gasteiger partial charge on any atom is 0.258 e. The molecule has 0 spiro atoms. The molecule has 140 valence electrons. The van der Waals surface area contributed by atoms with E-state index in [0.717, 1.165) is 36.4 Å². The standard InChI is InChI=1S/C17H17F3N2O3S/c1-3-10(2)22-26(24,25)12-5-7-14(18)13(9-12)17(23)21-11-4-6-15(19)16(20)8-11/h4-10,22H,3H2,1-2H3,(H,21,23)/t10-/m0/s1. The zero-order chi connectivity index (χ0) is 19.5. The third-order valence-electron chi connectivity index (χ3n) is 3.64. The molecule has 0 aromatic heterocycles. The first-order valence-corrected chi connectivity index (χ1v) is 9.20. The van der Waals surface area contributed by atoms with Gasteiger partial charge in [-0.2, -0.15) is 0 Å². The van der Waals surface area contributed by atoms with Crippen molar-refractivity contribution in [3.05, 3.63) is 59.4 Å². The van der Waals surface area contributed by atoms with Gasteiger partial charge in [0.15, 0.2) is 11.6 Å². The van der Waals surface area contributed by atoms with Crippen LogP contribution >= 0.6 is 0 Å². The molecular formula is C17H17F3N2O3S. The van der Waals surface area contributed by atoms with Crippen molar-refractivity contribution in [3.8, 4) is 0 Å². The summed E-state index contributed by atoms with van der Waals surface area (Å²) in [5, 5.41) is 2.20. The lowest BCUT2D eigenvalue weighted by atomic mass is 10.2. The lowest BCUT2D eigenvalue weighted by Crippen LogP contribution is -2.32. The highest BCUT2D eigenvalue weighted by atomic mass is 32.2. The Hall–Kier alpha value is -2.39. The molecule has 0 aliphatic carbocycles. The predicted molar refractivity (Wildman–Crippen MR) is 90.8 cm³/mol. The molecule has 5 nitrogen and oxygen atoms in total. The minimum atomic E-state index is -3.94. The predicted octanol–water partition coefficient (Wildman–Crippen LogP) is 3.43. The summed E-state index contributed by atoms with van der Waals surface area (Å²) >= 11 is 0. The highest BCUT2D eigenvalue weighted by molar-refractivity contribution is 7.89. The molecule has 26 heavy (non-hydrogen) atoms. The molecule has 0 fully saturated rings. The van der Waals surface area contributed by atoms with Crippen LogP contribution in [0.1, 0.15) is 30.6 Å². The van der Waals surface area contributed by atoms with E-state index in [1.807, 2.05) is 0 Å². The number of hydrogen-bond acceptors (Lipinski definition) is 3. The summed E-state index contributed by atoms with van der Waals surface area (Å²) in [5.41, 5.74) is -0.638. The van der Waals surface area contributed by atoms with Crippen LogP contribution in [0.5, 0.6) is 0 Å². The molecule has 0 unspecified atom stereocenters. The lowest BCUT2D eigenvalue weighted by molar-refractivity contribution is 0.102. The normalized spacial score (nSPS) is 12.7. The quantitative estimate of drug-likeness (QED) is 0.799. The SMILES string of the molecule is CC[C@H](C)NS(=O)(=O)c1ccc(F)c(C(=O)Nc2ccc(F)c(F)c2)c1. The van der Waals surface area contributed by atoms with Gasteiger partial charge >= 0.3 is 0 Å². The van der Waals surface area contributed by atoms with Crippen LogP contribution in [0, 0.1) is 17.5 Å². The second kappa shape index (κ2) is 7.88. The van der Waals surface area contributed by atoms with Crippen LogP contribution in [0.15, 0.2) is 41.3 Å². The van der Waals surface area contributed by atoms with Crippen LogP contribution < -0.4 is 10.0 Å². The fourth-order valence-electron chi connectivity index (χ4n) is 2.03. The molecule has 2 aromatic carbocycles. The van der Waals surface area contributed by atoms with Crippen LogP contribution in [0.3, 0.4) is 0 Å². The maximum absolute atomic E-state index is 14.0. The monoisotopic (exact) mass is 386 g/mol. The van der Waals surface area contributed by atoms with Crippen molar-refractivity contribution in [2.45, 2.75) is 31.2 Å². The second-order valence-electron chi connectivity index (χ2n) is 5.66. The van der Waals surface area contributed by atoms with Crippen molar-refractivity contribution in [1.29, 1.82) is 0 Å². The van der Waals surface area contributed by atoms with E-state index in [9.17, 15) is 26.4 Å². The number of rotatable bonds is 6. The number of anilines is 1. The molecule has 0 aliphatic rings. The number of sulfonamides is 1. The number of carbonyl (C=O) groups is 1. The van der Waals surface area contributed by atoms with Gasteiger partial charge in [-0.15, -0.1) is 0 Å². The Labute approximate surface area is 149 Å². The zero-order valence-corrected chi connectivity index (χ0v) is 14.8. The Morgan fingerprint density at radius 3 is 2.31 bits per heavy atom. The number of hydrogen-bond donors (Lipinski definition) is 2. The van der Waals surface area contributed by atoms with Crippen LogP contribution in [0.2, 0.25) is 0 Å². The van der Waals surface area contributed by atoms with Crippen LogP contribution in [0.25, 0.3) is 0 Å². The van der Waals surface area contributed by atoms with Gasteiger partial charge in [-0.05, 0) is 43.7 Å². The van der Waals surface area contributed by atoms with Gasteiger partial charge in [0.25, 0.3) is 5.91 Å². The van der Waals surface area contributed by atoms with Crippen LogP contribution in [-0.4, -0.2) is 20.4 Å². The topological polar surface area (TPSA) is 75.3 Å². The number of nitrogens with one attached hydrogen (secondary N) is 2. The average Bonchev–Trinajstić information content (AvgIpc) is 2.57. The van der Waals surface area contributed by atoms with E-state index in [4.69, 9.17) is 0 Å².